The van der Waals surface area contributed by atoms with E-state index in [0.29, 0.717) is 13.0 Å². The zero-order valence-electron chi connectivity index (χ0n) is 9.91. The minimum Gasteiger partial charge on any atom is -0.384 e. The van der Waals surface area contributed by atoms with Gasteiger partial charge < -0.3 is 14.8 Å². The summed E-state index contributed by atoms with van der Waals surface area (Å²) in [4.78, 5) is 11.6. The van der Waals surface area contributed by atoms with E-state index in [4.69, 9.17) is 9.47 Å². The quantitative estimate of drug-likeness (QED) is 0.782. The molecule has 92 valence electrons. The van der Waals surface area contributed by atoms with E-state index in [9.17, 15) is 4.79 Å². The number of rotatable bonds is 4. The van der Waals surface area contributed by atoms with Crippen LogP contribution in [0.1, 0.15) is 32.1 Å². The van der Waals surface area contributed by atoms with Crippen molar-refractivity contribution in [3.8, 4) is 0 Å². The van der Waals surface area contributed by atoms with Crippen molar-refractivity contribution in [1.82, 2.24) is 5.32 Å². The Morgan fingerprint density at radius 2 is 2.19 bits per heavy atom. The molecule has 3 aliphatic rings. The number of methoxy groups -OCH3 is 1. The van der Waals surface area contributed by atoms with Crippen LogP contribution in [-0.2, 0) is 14.3 Å². The van der Waals surface area contributed by atoms with Crippen molar-refractivity contribution in [3.63, 3.8) is 0 Å². The van der Waals surface area contributed by atoms with E-state index in [1.165, 1.54) is 12.8 Å². The lowest BCUT2D eigenvalue weighted by molar-refractivity contribution is -0.124. The zero-order chi connectivity index (χ0) is 11.4. The first-order chi connectivity index (χ1) is 7.79. The highest BCUT2D eigenvalue weighted by Gasteiger charge is 2.33. The van der Waals surface area contributed by atoms with Crippen molar-refractivity contribution in [2.45, 2.75) is 44.2 Å². The van der Waals surface area contributed by atoms with Crippen LogP contribution in [0.2, 0.25) is 0 Å². The van der Waals surface area contributed by atoms with E-state index in [0.717, 1.165) is 25.4 Å². The fourth-order valence-electron chi connectivity index (χ4n) is 2.61. The molecule has 3 unspecified atom stereocenters. The third-order valence-electron chi connectivity index (χ3n) is 3.62. The van der Waals surface area contributed by atoms with Gasteiger partial charge in [0.25, 0.3) is 0 Å². The summed E-state index contributed by atoms with van der Waals surface area (Å²) in [6.07, 6.45) is 5.29. The van der Waals surface area contributed by atoms with Crippen molar-refractivity contribution in [2.24, 2.45) is 5.92 Å². The molecule has 2 bridgehead atoms. The van der Waals surface area contributed by atoms with Gasteiger partial charge in [-0.1, -0.05) is 0 Å². The lowest BCUT2D eigenvalue weighted by Gasteiger charge is -2.28. The molecule has 4 heteroatoms. The van der Waals surface area contributed by atoms with E-state index in [-0.39, 0.29) is 18.1 Å². The highest BCUT2D eigenvalue weighted by molar-refractivity contribution is 5.76. The Morgan fingerprint density at radius 1 is 1.38 bits per heavy atom. The van der Waals surface area contributed by atoms with Crippen LogP contribution >= 0.6 is 0 Å². The summed E-state index contributed by atoms with van der Waals surface area (Å²) in [5.41, 5.74) is 0. The molecular weight excluding hydrogens is 206 g/mol. The molecule has 0 aromatic heterocycles. The molecule has 16 heavy (non-hydrogen) atoms. The fraction of sp³-hybridized carbons (Fsp3) is 0.917. The Labute approximate surface area is 96.7 Å². The second kappa shape index (κ2) is 5.64. The second-order valence-electron chi connectivity index (χ2n) is 4.81. The highest BCUT2D eigenvalue weighted by Crippen LogP contribution is 2.31. The number of nitrogens with one attached hydrogen (secondary N) is 1. The third kappa shape index (κ3) is 2.95. The molecule has 1 aliphatic carbocycles. The minimum atomic E-state index is 0.0841. The van der Waals surface area contributed by atoms with Crippen LogP contribution in [0, 0.1) is 5.92 Å². The van der Waals surface area contributed by atoms with Gasteiger partial charge in [0.05, 0.1) is 18.8 Å². The first-order valence-electron chi connectivity index (χ1n) is 6.19. The smallest absolute Gasteiger partial charge is 0.222 e. The Morgan fingerprint density at radius 3 is 2.88 bits per heavy atom. The first-order valence-corrected chi connectivity index (χ1v) is 6.19. The van der Waals surface area contributed by atoms with Crippen LogP contribution in [0.15, 0.2) is 0 Å². The van der Waals surface area contributed by atoms with Crippen molar-refractivity contribution in [3.05, 3.63) is 0 Å². The molecule has 2 saturated heterocycles. The van der Waals surface area contributed by atoms with Gasteiger partial charge in [0.15, 0.2) is 0 Å². The molecule has 3 atom stereocenters. The van der Waals surface area contributed by atoms with Crippen LogP contribution in [-0.4, -0.2) is 38.4 Å². The topological polar surface area (TPSA) is 47.6 Å². The highest BCUT2D eigenvalue weighted by atomic mass is 16.5. The summed E-state index contributed by atoms with van der Waals surface area (Å²) in [7, 11) is 1.61. The number of amides is 1. The maximum Gasteiger partial charge on any atom is 0.222 e. The fourth-order valence-corrected chi connectivity index (χ4v) is 2.61. The number of ether oxygens (including phenoxy) is 2. The van der Waals surface area contributed by atoms with Crippen LogP contribution in [0.4, 0.5) is 0 Å². The summed E-state index contributed by atoms with van der Waals surface area (Å²) >= 11 is 0. The molecule has 0 aromatic rings. The first kappa shape index (κ1) is 11.9. The van der Waals surface area contributed by atoms with E-state index in [1.807, 2.05) is 0 Å². The monoisotopic (exact) mass is 227 g/mol. The molecule has 0 spiro atoms. The molecule has 2 aliphatic heterocycles. The molecule has 1 N–H and O–H groups in total. The molecular formula is C12H21NO3. The third-order valence-corrected chi connectivity index (χ3v) is 3.62. The molecule has 4 nitrogen and oxygen atoms in total. The zero-order valence-corrected chi connectivity index (χ0v) is 9.91. The Hall–Kier alpha value is -0.610. The van der Waals surface area contributed by atoms with E-state index >= 15 is 0 Å². The second-order valence-corrected chi connectivity index (χ2v) is 4.81. The molecule has 2 heterocycles. The number of hydrogen-bond donors (Lipinski definition) is 1. The molecule has 3 rings (SSSR count). The number of carbonyl (C=O) groups excluding carboxylic acids is 1. The largest absolute Gasteiger partial charge is 0.384 e. The summed E-state index contributed by atoms with van der Waals surface area (Å²) in [6.45, 7) is 1.38. The van der Waals surface area contributed by atoms with Gasteiger partial charge in [0.2, 0.25) is 5.91 Å². The van der Waals surface area contributed by atoms with Crippen molar-refractivity contribution in [2.75, 3.05) is 20.3 Å². The van der Waals surface area contributed by atoms with Gasteiger partial charge in [-0.15, -0.1) is 0 Å². The molecule has 0 radical (unpaired) electrons. The Bertz CT molecular complexity index is 236. The SMILES string of the molecule is COCCC(=O)NC1CCC2CCC1OC2. The van der Waals surface area contributed by atoms with E-state index in [1.54, 1.807) is 7.11 Å². The van der Waals surface area contributed by atoms with Gasteiger partial charge in [-0.05, 0) is 31.6 Å². The van der Waals surface area contributed by atoms with Crippen LogP contribution in [0.25, 0.3) is 0 Å². The molecule has 0 aromatic carbocycles. The van der Waals surface area contributed by atoms with Gasteiger partial charge >= 0.3 is 0 Å². The average molecular weight is 227 g/mol. The molecule has 1 amide bonds. The van der Waals surface area contributed by atoms with Crippen LogP contribution in [0.5, 0.6) is 0 Å². The lowest BCUT2D eigenvalue weighted by atomic mass is 10.00. The summed E-state index contributed by atoms with van der Waals surface area (Å²) in [6, 6.07) is 0.219. The predicted molar refractivity (Wildman–Crippen MR) is 60.1 cm³/mol. The van der Waals surface area contributed by atoms with Gasteiger partial charge in [-0.3, -0.25) is 4.79 Å². The Balaban J connectivity index is 1.81. The van der Waals surface area contributed by atoms with Crippen molar-refractivity contribution in [1.29, 1.82) is 0 Å². The predicted octanol–water partition coefficient (Wildman–Crippen LogP) is 1.10. The lowest BCUT2D eigenvalue weighted by Crippen LogP contribution is -2.44. The summed E-state index contributed by atoms with van der Waals surface area (Å²) < 4.78 is 10.7. The van der Waals surface area contributed by atoms with E-state index in [2.05, 4.69) is 5.32 Å². The summed E-state index contributed by atoms with van der Waals surface area (Å²) in [5, 5.41) is 3.08. The maximum atomic E-state index is 11.6. The standard InChI is InChI=1S/C12H21NO3/c1-15-7-6-12(14)13-10-4-2-9-3-5-11(10)16-8-9/h9-11H,2-8H2,1H3,(H,13,14). The Kier molecular flexibility index (Phi) is 4.18. The minimum absolute atomic E-state index is 0.0841. The van der Waals surface area contributed by atoms with E-state index < -0.39 is 0 Å². The molecule has 3 fully saturated rings. The van der Waals surface area contributed by atoms with Crippen molar-refractivity contribution < 1.29 is 14.3 Å². The van der Waals surface area contributed by atoms with Gasteiger partial charge in [0.1, 0.15) is 0 Å². The van der Waals surface area contributed by atoms with Crippen molar-refractivity contribution >= 4 is 5.91 Å². The van der Waals surface area contributed by atoms with Gasteiger partial charge in [-0.25, -0.2) is 0 Å². The van der Waals surface area contributed by atoms with Gasteiger partial charge in [-0.2, -0.15) is 0 Å². The van der Waals surface area contributed by atoms with Crippen LogP contribution in [0.3, 0.4) is 0 Å². The normalized spacial score (nSPS) is 33.4. The van der Waals surface area contributed by atoms with Crippen LogP contribution < -0.4 is 5.32 Å². The number of hydrogen-bond acceptors (Lipinski definition) is 3. The number of carbonyl (C=O) groups is 1. The maximum absolute atomic E-state index is 11.6. The average Bonchev–Trinajstić information content (AvgIpc) is 2.61. The van der Waals surface area contributed by atoms with Gasteiger partial charge in [0, 0.05) is 20.1 Å². The summed E-state index contributed by atoms with van der Waals surface area (Å²) in [5.74, 6) is 0.804. The number of fused-ring (bicyclic) bond motifs is 4. The molecule has 1 saturated carbocycles.